The number of aromatic hydroxyl groups is 1. The van der Waals surface area contributed by atoms with E-state index in [0.29, 0.717) is 21.5 Å². The number of nitrogens with one attached hydrogen (secondary N) is 2. The average molecular weight is 536 g/mol. The number of carbonyl (C=O) groups excluding carboxylic acids is 3. The van der Waals surface area contributed by atoms with Gasteiger partial charge in [-0.05, 0) is 55.0 Å². The topological polar surface area (TPSA) is 149 Å². The molecule has 11 heteroatoms. The summed E-state index contributed by atoms with van der Waals surface area (Å²) in [5.74, 6) is -3.78. The van der Waals surface area contributed by atoms with E-state index in [1.165, 1.54) is 43.3 Å². The van der Waals surface area contributed by atoms with Crippen LogP contribution in [0.5, 0.6) is 5.75 Å². The van der Waals surface area contributed by atoms with Gasteiger partial charge < -0.3 is 19.9 Å². The molecule has 0 aliphatic rings. The van der Waals surface area contributed by atoms with E-state index in [9.17, 15) is 29.4 Å². The Hall–Kier alpha value is -4.67. The minimum absolute atomic E-state index is 0.0650. The summed E-state index contributed by atoms with van der Waals surface area (Å²) < 4.78 is 5.56. The number of benzene rings is 3. The summed E-state index contributed by atoms with van der Waals surface area (Å²) in [5, 5.41) is 22.6. The highest BCUT2D eigenvalue weighted by atomic mass is 35.5. The maximum absolute atomic E-state index is 13.4. The van der Waals surface area contributed by atoms with Gasteiger partial charge in [0.1, 0.15) is 17.4 Å². The quantitative estimate of drug-likeness (QED) is 0.195. The van der Waals surface area contributed by atoms with Crippen LogP contribution in [0, 0.1) is 0 Å². The molecule has 0 fully saturated rings. The lowest BCUT2D eigenvalue weighted by Crippen LogP contribution is -2.53. The monoisotopic (exact) mass is 535 g/mol. The molecule has 3 amide bonds. The molecule has 0 radical (unpaired) electrons. The zero-order valence-corrected chi connectivity index (χ0v) is 20.7. The highest BCUT2D eigenvalue weighted by Gasteiger charge is 2.31. The summed E-state index contributed by atoms with van der Waals surface area (Å²) >= 11 is 6.32. The van der Waals surface area contributed by atoms with E-state index in [1.807, 2.05) is 0 Å². The zero-order valence-electron chi connectivity index (χ0n) is 20.0. The molecule has 194 valence electrons. The molecule has 0 spiro atoms. The van der Waals surface area contributed by atoms with Crippen LogP contribution in [0.2, 0.25) is 5.02 Å². The number of nitrogens with zero attached hydrogens (tertiary/aromatic N) is 1. The van der Waals surface area contributed by atoms with Crippen LogP contribution >= 0.6 is 11.6 Å². The summed E-state index contributed by atoms with van der Waals surface area (Å²) in [6.45, 7) is 1.40. The van der Waals surface area contributed by atoms with Crippen LogP contribution in [-0.2, 0) is 11.3 Å². The van der Waals surface area contributed by atoms with Crippen molar-refractivity contribution < 1.29 is 33.8 Å². The number of hydrogen-bond acceptors (Lipinski definition) is 7. The molecule has 10 nitrogen and oxygen atoms in total. The van der Waals surface area contributed by atoms with Crippen molar-refractivity contribution in [2.75, 3.05) is 0 Å². The number of hydrazine groups is 1. The molecule has 1 heterocycles. The number of hydrogen-bond donors (Lipinski definition) is 4. The molecular weight excluding hydrogens is 514 g/mol. The number of fused-ring (bicyclic) bond motifs is 1. The van der Waals surface area contributed by atoms with E-state index in [0.717, 1.165) is 0 Å². The Morgan fingerprint density at radius 1 is 0.974 bits per heavy atom. The van der Waals surface area contributed by atoms with Gasteiger partial charge in [0.2, 0.25) is 0 Å². The summed E-state index contributed by atoms with van der Waals surface area (Å²) in [7, 11) is 0. The zero-order chi connectivity index (χ0) is 27.4. The first kappa shape index (κ1) is 26.4. The second-order valence-electron chi connectivity index (χ2n) is 8.33. The number of rotatable bonds is 8. The predicted octanol–water partition coefficient (Wildman–Crippen LogP) is 3.98. The Labute approximate surface area is 221 Å². The SMILES string of the molecule is C[C@H](NN(C(=O)c1cc2ccccc2o1)C(=O)c1ccc(C(=O)NCc2cccc(O)c2)cc1Cl)C(=O)O. The molecular formula is C27H22ClN3O7. The van der Waals surface area contributed by atoms with Gasteiger partial charge in [0.15, 0.2) is 5.76 Å². The summed E-state index contributed by atoms with van der Waals surface area (Å²) in [5.41, 5.74) is 3.47. The standard InChI is InChI=1S/C27H22ClN3O7/c1-15(27(36)37)30-31(26(35)23-13-17-6-2-3-8-22(17)38-23)25(34)20-10-9-18(12-21(20)28)24(33)29-14-16-5-4-7-19(32)11-16/h2-13,15,30,32H,14H2,1H3,(H,29,33)(H,36,37)/t15-/m0/s1. The van der Waals surface area contributed by atoms with Crippen LogP contribution < -0.4 is 10.7 Å². The van der Waals surface area contributed by atoms with Crippen LogP contribution in [0.25, 0.3) is 11.0 Å². The van der Waals surface area contributed by atoms with Crippen molar-refractivity contribution in [2.45, 2.75) is 19.5 Å². The fourth-order valence-corrected chi connectivity index (χ4v) is 3.82. The number of phenols is 1. The van der Waals surface area contributed by atoms with Crippen molar-refractivity contribution in [3.63, 3.8) is 0 Å². The van der Waals surface area contributed by atoms with E-state index >= 15 is 0 Å². The maximum Gasteiger partial charge on any atom is 0.322 e. The molecule has 0 saturated carbocycles. The van der Waals surface area contributed by atoms with Gasteiger partial charge in [-0.15, -0.1) is 0 Å². The number of halogens is 1. The van der Waals surface area contributed by atoms with Crippen LogP contribution in [0.15, 0.2) is 77.2 Å². The molecule has 1 aromatic heterocycles. The molecule has 4 N–H and O–H groups in total. The normalized spacial score (nSPS) is 11.6. The van der Waals surface area contributed by atoms with Crippen LogP contribution in [-0.4, -0.2) is 45.0 Å². The third-order valence-corrected chi connectivity index (χ3v) is 5.87. The van der Waals surface area contributed by atoms with Crippen LogP contribution in [0.1, 0.15) is 43.8 Å². The van der Waals surface area contributed by atoms with Gasteiger partial charge in [-0.3, -0.25) is 19.2 Å². The lowest BCUT2D eigenvalue weighted by molar-refractivity contribution is -0.139. The summed E-state index contributed by atoms with van der Waals surface area (Å²) in [6, 6.07) is 17.2. The minimum atomic E-state index is -1.31. The third-order valence-electron chi connectivity index (χ3n) is 5.56. The van der Waals surface area contributed by atoms with Crippen molar-refractivity contribution in [3.05, 3.63) is 100 Å². The van der Waals surface area contributed by atoms with Crippen molar-refractivity contribution in [3.8, 4) is 5.75 Å². The Kier molecular flexibility index (Phi) is 7.75. The van der Waals surface area contributed by atoms with Gasteiger partial charge in [-0.25, -0.2) is 10.4 Å². The molecule has 0 aliphatic heterocycles. The first-order valence-corrected chi connectivity index (χ1v) is 11.7. The number of amides is 3. The number of carboxylic acid groups (broad SMARTS) is 1. The van der Waals surface area contributed by atoms with Crippen molar-refractivity contribution in [1.82, 2.24) is 15.8 Å². The minimum Gasteiger partial charge on any atom is -0.508 e. The lowest BCUT2D eigenvalue weighted by Gasteiger charge is -2.23. The van der Waals surface area contributed by atoms with Gasteiger partial charge in [-0.1, -0.05) is 41.9 Å². The lowest BCUT2D eigenvalue weighted by atomic mass is 10.1. The molecule has 0 aliphatic carbocycles. The number of carbonyl (C=O) groups is 4. The molecule has 38 heavy (non-hydrogen) atoms. The smallest absolute Gasteiger partial charge is 0.322 e. The van der Waals surface area contributed by atoms with Gasteiger partial charge in [-0.2, -0.15) is 0 Å². The summed E-state index contributed by atoms with van der Waals surface area (Å²) in [6.07, 6.45) is 0. The molecule has 3 aromatic carbocycles. The molecule has 1 atom stereocenters. The predicted molar refractivity (Wildman–Crippen MR) is 138 cm³/mol. The fraction of sp³-hybridized carbons (Fsp3) is 0.111. The third kappa shape index (κ3) is 5.83. The van der Waals surface area contributed by atoms with Crippen LogP contribution in [0.3, 0.4) is 0 Å². The Balaban J connectivity index is 1.57. The number of para-hydroxylation sites is 1. The highest BCUT2D eigenvalue weighted by molar-refractivity contribution is 6.34. The van der Waals surface area contributed by atoms with E-state index in [4.69, 9.17) is 16.0 Å². The number of imide groups is 1. The second-order valence-corrected chi connectivity index (χ2v) is 8.74. The number of furan rings is 1. The fourth-order valence-electron chi connectivity index (χ4n) is 3.56. The van der Waals surface area contributed by atoms with E-state index < -0.39 is 29.7 Å². The van der Waals surface area contributed by atoms with Crippen molar-refractivity contribution in [2.24, 2.45) is 0 Å². The highest BCUT2D eigenvalue weighted by Crippen LogP contribution is 2.23. The first-order valence-electron chi connectivity index (χ1n) is 11.4. The van der Waals surface area contributed by atoms with E-state index in [2.05, 4.69) is 10.7 Å². The van der Waals surface area contributed by atoms with Gasteiger partial charge >= 0.3 is 11.9 Å². The largest absolute Gasteiger partial charge is 0.508 e. The van der Waals surface area contributed by atoms with Crippen LogP contribution in [0.4, 0.5) is 0 Å². The molecule has 0 unspecified atom stereocenters. The maximum atomic E-state index is 13.4. The molecule has 4 aromatic rings. The van der Waals surface area contributed by atoms with E-state index in [-0.39, 0.29) is 34.2 Å². The van der Waals surface area contributed by atoms with Crippen molar-refractivity contribution >= 4 is 46.3 Å². The Bertz CT molecular complexity index is 1520. The Morgan fingerprint density at radius 3 is 2.42 bits per heavy atom. The molecule has 4 rings (SSSR count). The number of aliphatic carboxylic acids is 1. The Morgan fingerprint density at radius 2 is 1.74 bits per heavy atom. The van der Waals surface area contributed by atoms with E-state index in [1.54, 1.807) is 36.4 Å². The molecule has 0 bridgehead atoms. The van der Waals surface area contributed by atoms with Gasteiger partial charge in [0.05, 0.1) is 10.6 Å². The van der Waals surface area contributed by atoms with Crippen molar-refractivity contribution in [1.29, 1.82) is 0 Å². The number of carboxylic acids is 1. The first-order chi connectivity index (χ1) is 18.1. The summed E-state index contributed by atoms with van der Waals surface area (Å²) in [4.78, 5) is 50.7. The average Bonchev–Trinajstić information content (AvgIpc) is 3.34. The second kappa shape index (κ2) is 11.2. The van der Waals surface area contributed by atoms with Gasteiger partial charge in [0.25, 0.3) is 11.8 Å². The van der Waals surface area contributed by atoms with Gasteiger partial charge in [0, 0.05) is 17.5 Å². The number of phenolic OH excluding ortho intramolecular Hbond substituents is 1. The molecule has 0 saturated heterocycles.